The molecule has 0 bridgehead atoms. The van der Waals surface area contributed by atoms with Crippen LogP contribution in [0, 0.1) is 10.7 Å². The second kappa shape index (κ2) is 8.78. The molecule has 0 N–H and O–H groups in total. The zero-order valence-corrected chi connectivity index (χ0v) is 20.8. The van der Waals surface area contributed by atoms with Gasteiger partial charge in [0.25, 0.3) is 11.1 Å². The normalized spacial score (nSPS) is 15.8. The molecule has 0 saturated carbocycles. The van der Waals surface area contributed by atoms with Crippen molar-refractivity contribution in [2.45, 2.75) is 6.54 Å². The van der Waals surface area contributed by atoms with Crippen LogP contribution in [0.25, 0.3) is 6.08 Å². The van der Waals surface area contributed by atoms with Crippen LogP contribution in [0.5, 0.6) is 5.75 Å². The van der Waals surface area contributed by atoms with E-state index in [1.165, 1.54) is 4.90 Å². The third-order valence-corrected chi connectivity index (χ3v) is 6.71. The second-order valence-corrected chi connectivity index (χ2v) is 10.1. The molecule has 0 aliphatic carbocycles. The number of methoxy groups -OCH3 is 1. The average molecular weight is 703 g/mol. The SMILES string of the molecule is COc1c(I)cc(I)cc1/C=C1\SC(=O)N(Cc2ccc(I)cc2)C1=O. The number of amides is 2. The van der Waals surface area contributed by atoms with Crippen molar-refractivity contribution in [1.29, 1.82) is 0 Å². The molecular formula is C18H12I3NO3S. The van der Waals surface area contributed by atoms with Crippen LogP contribution in [0.1, 0.15) is 11.1 Å². The molecule has 1 saturated heterocycles. The van der Waals surface area contributed by atoms with Crippen molar-refractivity contribution in [2.75, 3.05) is 7.11 Å². The van der Waals surface area contributed by atoms with Gasteiger partial charge in [-0.1, -0.05) is 12.1 Å². The highest BCUT2D eigenvalue weighted by Gasteiger charge is 2.35. The predicted octanol–water partition coefficient (Wildman–Crippen LogP) is 5.75. The van der Waals surface area contributed by atoms with E-state index in [0.717, 1.165) is 33.6 Å². The summed E-state index contributed by atoms with van der Waals surface area (Å²) in [6.07, 6.45) is 1.74. The zero-order valence-electron chi connectivity index (χ0n) is 13.5. The van der Waals surface area contributed by atoms with Crippen LogP contribution >= 0.6 is 79.5 Å². The van der Waals surface area contributed by atoms with Crippen molar-refractivity contribution < 1.29 is 14.3 Å². The molecule has 1 aliphatic heterocycles. The van der Waals surface area contributed by atoms with E-state index in [0.29, 0.717) is 10.7 Å². The van der Waals surface area contributed by atoms with E-state index in [4.69, 9.17) is 4.74 Å². The van der Waals surface area contributed by atoms with Crippen LogP contribution in [0.2, 0.25) is 0 Å². The third kappa shape index (κ3) is 4.55. The van der Waals surface area contributed by atoms with E-state index in [1.54, 1.807) is 13.2 Å². The first-order valence-corrected chi connectivity index (χ1v) is 11.5. The van der Waals surface area contributed by atoms with Crippen LogP contribution in [0.15, 0.2) is 41.3 Å². The maximum absolute atomic E-state index is 12.7. The zero-order chi connectivity index (χ0) is 18.8. The minimum absolute atomic E-state index is 0.251. The molecule has 134 valence electrons. The molecule has 2 aromatic rings. The number of nitrogens with zero attached hydrogens (tertiary/aromatic N) is 1. The van der Waals surface area contributed by atoms with Gasteiger partial charge in [0.05, 0.1) is 22.1 Å². The van der Waals surface area contributed by atoms with E-state index < -0.39 is 0 Å². The van der Waals surface area contributed by atoms with Gasteiger partial charge < -0.3 is 4.74 Å². The standard InChI is InChI=1S/C18H12I3NO3S/c1-25-16-11(6-13(20)8-14(16)21)7-15-17(23)22(18(24)26-15)9-10-2-4-12(19)5-3-10/h2-8H,9H2,1H3/b15-7-. The molecule has 0 atom stereocenters. The third-order valence-electron chi connectivity index (χ3n) is 3.66. The number of imide groups is 1. The lowest BCUT2D eigenvalue weighted by atomic mass is 10.1. The Morgan fingerprint density at radius 1 is 1.08 bits per heavy atom. The van der Waals surface area contributed by atoms with Gasteiger partial charge in [-0.25, -0.2) is 0 Å². The Labute approximate surface area is 196 Å². The Balaban J connectivity index is 1.89. The molecule has 1 fully saturated rings. The number of carbonyl (C=O) groups excluding carboxylic acids is 2. The van der Waals surface area contributed by atoms with Crippen molar-refractivity contribution in [3.05, 3.63) is 63.1 Å². The van der Waals surface area contributed by atoms with Gasteiger partial charge in [0.1, 0.15) is 5.75 Å². The Hall–Kier alpha value is -0.340. The molecule has 1 heterocycles. The smallest absolute Gasteiger partial charge is 0.293 e. The van der Waals surface area contributed by atoms with E-state index in [1.807, 2.05) is 36.4 Å². The van der Waals surface area contributed by atoms with Crippen molar-refractivity contribution in [1.82, 2.24) is 4.90 Å². The van der Waals surface area contributed by atoms with Gasteiger partial charge in [-0.05, 0) is 115 Å². The van der Waals surface area contributed by atoms with E-state index in [-0.39, 0.29) is 17.7 Å². The highest BCUT2D eigenvalue weighted by atomic mass is 127. The van der Waals surface area contributed by atoms with E-state index >= 15 is 0 Å². The van der Waals surface area contributed by atoms with Crippen molar-refractivity contribution in [3.63, 3.8) is 0 Å². The average Bonchev–Trinajstić information content (AvgIpc) is 2.84. The topological polar surface area (TPSA) is 46.6 Å². The Morgan fingerprint density at radius 3 is 2.42 bits per heavy atom. The molecule has 8 heteroatoms. The summed E-state index contributed by atoms with van der Waals surface area (Å²) in [5, 5.41) is -0.251. The summed E-state index contributed by atoms with van der Waals surface area (Å²) in [4.78, 5) is 26.8. The molecule has 0 unspecified atom stereocenters. The molecule has 26 heavy (non-hydrogen) atoms. The van der Waals surface area contributed by atoms with Crippen LogP contribution in [0.4, 0.5) is 4.79 Å². The van der Waals surface area contributed by atoms with Crippen LogP contribution in [-0.4, -0.2) is 23.2 Å². The number of hydrogen-bond donors (Lipinski definition) is 0. The van der Waals surface area contributed by atoms with Crippen molar-refractivity contribution >= 4 is 96.8 Å². The predicted molar refractivity (Wildman–Crippen MR) is 129 cm³/mol. The summed E-state index contributed by atoms with van der Waals surface area (Å²) in [7, 11) is 1.60. The lowest BCUT2D eigenvalue weighted by molar-refractivity contribution is -0.123. The number of carbonyl (C=O) groups is 2. The van der Waals surface area contributed by atoms with Crippen LogP contribution < -0.4 is 4.74 Å². The maximum atomic E-state index is 12.7. The summed E-state index contributed by atoms with van der Waals surface area (Å²) in [6, 6.07) is 11.7. The number of hydrogen-bond acceptors (Lipinski definition) is 4. The fraction of sp³-hybridized carbons (Fsp3) is 0.111. The number of rotatable bonds is 4. The maximum Gasteiger partial charge on any atom is 0.293 e. The first-order chi connectivity index (χ1) is 12.4. The fourth-order valence-corrected chi connectivity index (χ4v) is 5.75. The highest BCUT2D eigenvalue weighted by Crippen LogP contribution is 2.36. The summed E-state index contributed by atoms with van der Waals surface area (Å²) < 4.78 is 8.57. The van der Waals surface area contributed by atoms with Gasteiger partial charge in [-0.2, -0.15) is 0 Å². The van der Waals surface area contributed by atoms with Gasteiger partial charge in [0.15, 0.2) is 0 Å². The van der Waals surface area contributed by atoms with E-state index in [9.17, 15) is 9.59 Å². The van der Waals surface area contributed by atoms with Crippen LogP contribution in [-0.2, 0) is 11.3 Å². The number of ether oxygens (including phenoxy) is 1. The van der Waals surface area contributed by atoms with Crippen molar-refractivity contribution in [2.24, 2.45) is 0 Å². The summed E-state index contributed by atoms with van der Waals surface area (Å²) >= 11 is 7.61. The number of thioether (sulfide) groups is 1. The molecule has 0 spiro atoms. The molecular weight excluding hydrogens is 691 g/mol. The lowest BCUT2D eigenvalue weighted by Gasteiger charge is -2.12. The first kappa shape index (κ1) is 20.4. The Bertz CT molecular complexity index is 913. The van der Waals surface area contributed by atoms with Gasteiger partial charge in [0, 0.05) is 12.7 Å². The molecule has 4 nitrogen and oxygen atoms in total. The van der Waals surface area contributed by atoms with E-state index in [2.05, 4.69) is 67.8 Å². The number of benzene rings is 2. The molecule has 2 amide bonds. The van der Waals surface area contributed by atoms with Crippen molar-refractivity contribution in [3.8, 4) is 5.75 Å². The van der Waals surface area contributed by atoms with Gasteiger partial charge >= 0.3 is 0 Å². The minimum atomic E-state index is -0.269. The second-order valence-electron chi connectivity index (χ2n) is 5.40. The van der Waals surface area contributed by atoms with Gasteiger partial charge in [0.2, 0.25) is 0 Å². The van der Waals surface area contributed by atoms with Crippen LogP contribution in [0.3, 0.4) is 0 Å². The molecule has 1 aliphatic rings. The molecule has 3 rings (SSSR count). The Morgan fingerprint density at radius 2 is 1.77 bits per heavy atom. The summed E-state index contributed by atoms with van der Waals surface area (Å²) in [6.45, 7) is 0.278. The van der Waals surface area contributed by atoms with Gasteiger partial charge in [-0.15, -0.1) is 0 Å². The molecule has 0 aromatic heterocycles. The van der Waals surface area contributed by atoms with Gasteiger partial charge in [-0.3, -0.25) is 14.5 Å². The monoisotopic (exact) mass is 703 g/mol. The molecule has 0 radical (unpaired) electrons. The highest BCUT2D eigenvalue weighted by molar-refractivity contribution is 14.1. The lowest BCUT2D eigenvalue weighted by Crippen LogP contribution is -2.27. The Kier molecular flexibility index (Phi) is 6.88. The minimum Gasteiger partial charge on any atom is -0.495 e. The molecule has 2 aromatic carbocycles. The fourth-order valence-electron chi connectivity index (χ4n) is 2.45. The summed E-state index contributed by atoms with van der Waals surface area (Å²) in [5.41, 5.74) is 1.72. The quantitative estimate of drug-likeness (QED) is 0.301. The number of halogens is 3. The summed E-state index contributed by atoms with van der Waals surface area (Å²) in [5.74, 6) is 0.435. The first-order valence-electron chi connectivity index (χ1n) is 7.42. The largest absolute Gasteiger partial charge is 0.495 e.